The monoisotopic (exact) mass is 499 g/mol. The fraction of sp³-hybridized carbons (Fsp3) is 0.160. The molecule has 0 radical (unpaired) electrons. The number of hydrogen-bond acceptors (Lipinski definition) is 6. The van der Waals surface area contributed by atoms with E-state index in [0.29, 0.717) is 39.1 Å². The van der Waals surface area contributed by atoms with Gasteiger partial charge in [-0.25, -0.2) is 8.42 Å². The highest BCUT2D eigenvalue weighted by atomic mass is 35.5. The van der Waals surface area contributed by atoms with Gasteiger partial charge in [0.2, 0.25) is 15.6 Å². The summed E-state index contributed by atoms with van der Waals surface area (Å²) in [7, 11) is 0.287. The molecule has 0 saturated carbocycles. The van der Waals surface area contributed by atoms with Gasteiger partial charge in [-0.15, -0.1) is 0 Å². The maximum atomic E-state index is 13.7. The van der Waals surface area contributed by atoms with Crippen molar-refractivity contribution < 1.29 is 27.4 Å². The normalized spacial score (nSPS) is 18.2. The topological polar surface area (TPSA) is 82.1 Å². The maximum absolute atomic E-state index is 13.7. The Balaban J connectivity index is 1.91. The fourth-order valence-corrected chi connectivity index (χ4v) is 5.91. The first-order valence-electron chi connectivity index (χ1n) is 10.2. The average molecular weight is 500 g/mol. The van der Waals surface area contributed by atoms with Gasteiger partial charge in [0, 0.05) is 10.7 Å². The summed E-state index contributed by atoms with van der Waals surface area (Å²) < 4.78 is 43.6. The van der Waals surface area contributed by atoms with Gasteiger partial charge in [0.15, 0.2) is 16.9 Å². The SMILES string of the molecule is COc1cc(/C=C2/C(=O)N(c3ccc(Cl)cc3)C(c3ccccc3)S2(=O)=O)cc(OC)c1OC. The van der Waals surface area contributed by atoms with Crippen LogP contribution in [0.3, 0.4) is 0 Å². The molecule has 1 atom stereocenters. The van der Waals surface area contributed by atoms with Crippen molar-refractivity contribution in [2.45, 2.75) is 5.37 Å². The lowest BCUT2D eigenvalue weighted by Gasteiger charge is -2.23. The molecule has 4 rings (SSSR count). The first kappa shape index (κ1) is 23.7. The summed E-state index contributed by atoms with van der Waals surface area (Å²) in [6.07, 6.45) is 1.33. The van der Waals surface area contributed by atoms with Gasteiger partial charge in [-0.05, 0) is 53.6 Å². The number of nitrogens with zero attached hydrogens (tertiary/aromatic N) is 1. The highest BCUT2D eigenvalue weighted by Gasteiger charge is 2.50. The molecule has 1 aliphatic heterocycles. The van der Waals surface area contributed by atoms with Gasteiger partial charge in [-0.2, -0.15) is 0 Å². The number of ether oxygens (including phenoxy) is 3. The van der Waals surface area contributed by atoms with Crippen LogP contribution in [0, 0.1) is 0 Å². The number of carbonyl (C=O) groups excluding carboxylic acids is 1. The Kier molecular flexibility index (Phi) is 6.54. The zero-order chi connectivity index (χ0) is 24.5. The third-order valence-electron chi connectivity index (χ3n) is 5.44. The van der Waals surface area contributed by atoms with E-state index in [-0.39, 0.29) is 4.91 Å². The molecule has 1 amide bonds. The van der Waals surface area contributed by atoms with Crippen LogP contribution in [0.1, 0.15) is 16.5 Å². The Morgan fingerprint density at radius 3 is 2.00 bits per heavy atom. The van der Waals surface area contributed by atoms with Crippen molar-refractivity contribution in [3.05, 3.63) is 87.8 Å². The largest absolute Gasteiger partial charge is 0.493 e. The first-order valence-corrected chi connectivity index (χ1v) is 12.1. The van der Waals surface area contributed by atoms with Crippen LogP contribution in [0.2, 0.25) is 5.02 Å². The Hall–Kier alpha value is -3.49. The molecule has 1 heterocycles. The van der Waals surface area contributed by atoms with Crippen molar-refractivity contribution in [2.75, 3.05) is 26.2 Å². The predicted octanol–water partition coefficient (Wildman–Crippen LogP) is 4.87. The van der Waals surface area contributed by atoms with Crippen LogP contribution in [-0.4, -0.2) is 35.7 Å². The molecule has 0 bridgehead atoms. The predicted molar refractivity (Wildman–Crippen MR) is 131 cm³/mol. The lowest BCUT2D eigenvalue weighted by Crippen LogP contribution is -2.28. The Bertz CT molecular complexity index is 1330. The minimum atomic E-state index is -4.10. The Morgan fingerprint density at radius 1 is 0.882 bits per heavy atom. The molecule has 1 unspecified atom stereocenters. The minimum Gasteiger partial charge on any atom is -0.493 e. The van der Waals surface area contributed by atoms with E-state index in [9.17, 15) is 13.2 Å². The molecule has 1 fully saturated rings. The highest BCUT2D eigenvalue weighted by Crippen LogP contribution is 2.45. The zero-order valence-corrected chi connectivity index (χ0v) is 20.3. The van der Waals surface area contributed by atoms with Gasteiger partial charge in [-0.1, -0.05) is 41.9 Å². The van der Waals surface area contributed by atoms with Crippen molar-refractivity contribution in [1.29, 1.82) is 0 Å². The number of methoxy groups -OCH3 is 3. The maximum Gasteiger partial charge on any atom is 0.271 e. The molecule has 0 N–H and O–H groups in total. The van der Waals surface area contributed by atoms with E-state index in [1.54, 1.807) is 66.7 Å². The van der Waals surface area contributed by atoms with Gasteiger partial charge >= 0.3 is 0 Å². The zero-order valence-electron chi connectivity index (χ0n) is 18.7. The Morgan fingerprint density at radius 2 is 1.47 bits per heavy atom. The molecule has 7 nitrogen and oxygen atoms in total. The number of carbonyl (C=O) groups is 1. The second kappa shape index (κ2) is 9.40. The van der Waals surface area contributed by atoms with Crippen LogP contribution >= 0.6 is 11.6 Å². The number of sulfone groups is 1. The van der Waals surface area contributed by atoms with E-state index in [1.165, 1.54) is 32.3 Å². The minimum absolute atomic E-state index is 0.339. The lowest BCUT2D eigenvalue weighted by atomic mass is 10.1. The van der Waals surface area contributed by atoms with Crippen LogP contribution < -0.4 is 19.1 Å². The lowest BCUT2D eigenvalue weighted by molar-refractivity contribution is -0.114. The summed E-state index contributed by atoms with van der Waals surface area (Å²) in [5.74, 6) is 0.388. The van der Waals surface area contributed by atoms with Crippen molar-refractivity contribution >= 4 is 39.1 Å². The second-order valence-electron chi connectivity index (χ2n) is 7.43. The second-order valence-corrected chi connectivity index (χ2v) is 9.84. The van der Waals surface area contributed by atoms with Gasteiger partial charge in [-0.3, -0.25) is 9.69 Å². The highest BCUT2D eigenvalue weighted by molar-refractivity contribution is 7.97. The number of rotatable bonds is 6. The molecule has 3 aromatic carbocycles. The van der Waals surface area contributed by atoms with Crippen molar-refractivity contribution in [2.24, 2.45) is 0 Å². The molecule has 9 heteroatoms. The molecule has 176 valence electrons. The number of halogens is 1. The summed E-state index contributed by atoms with van der Waals surface area (Å²) in [6, 6.07) is 18.2. The van der Waals surface area contributed by atoms with E-state index in [1.807, 2.05) is 0 Å². The van der Waals surface area contributed by atoms with E-state index in [4.69, 9.17) is 25.8 Å². The standard InChI is InChI=1S/C25H22ClNO6S/c1-31-20-13-16(14-21(32-2)23(20)33-3)15-22-24(28)27(19-11-9-18(26)10-12-19)25(34(22,29)30)17-7-5-4-6-8-17/h4-15,25H,1-3H3/b22-15-. The van der Waals surface area contributed by atoms with Crippen LogP contribution in [0.15, 0.2) is 71.6 Å². The van der Waals surface area contributed by atoms with Crippen LogP contribution in [0.4, 0.5) is 5.69 Å². The third kappa shape index (κ3) is 4.10. The molecular formula is C25H22ClNO6S. The van der Waals surface area contributed by atoms with Crippen LogP contribution in [0.25, 0.3) is 6.08 Å². The van der Waals surface area contributed by atoms with Crippen molar-refractivity contribution in [3.63, 3.8) is 0 Å². The molecule has 1 aliphatic rings. The van der Waals surface area contributed by atoms with Gasteiger partial charge in [0.05, 0.1) is 21.3 Å². The van der Waals surface area contributed by atoms with E-state index in [2.05, 4.69) is 0 Å². The van der Waals surface area contributed by atoms with Crippen molar-refractivity contribution in [3.8, 4) is 17.2 Å². The third-order valence-corrected chi connectivity index (χ3v) is 7.67. The molecule has 1 saturated heterocycles. The first-order chi connectivity index (χ1) is 16.3. The van der Waals surface area contributed by atoms with E-state index in [0.717, 1.165) is 0 Å². The summed E-state index contributed by atoms with van der Waals surface area (Å²) in [6.45, 7) is 0. The van der Waals surface area contributed by atoms with Crippen LogP contribution in [0.5, 0.6) is 17.2 Å². The molecule has 3 aromatic rings. The molecule has 0 spiro atoms. The van der Waals surface area contributed by atoms with Gasteiger partial charge in [0.25, 0.3) is 5.91 Å². The van der Waals surface area contributed by atoms with E-state index >= 15 is 0 Å². The summed E-state index contributed by atoms with van der Waals surface area (Å²) >= 11 is 6.01. The van der Waals surface area contributed by atoms with Gasteiger partial charge in [0.1, 0.15) is 4.91 Å². The number of anilines is 1. The van der Waals surface area contributed by atoms with E-state index < -0.39 is 21.1 Å². The number of amides is 1. The fourth-order valence-electron chi connectivity index (χ4n) is 3.89. The average Bonchev–Trinajstić information content (AvgIpc) is 3.04. The number of benzene rings is 3. The summed E-state index contributed by atoms with van der Waals surface area (Å²) in [4.78, 5) is 14.5. The Labute approximate surface area is 203 Å². The van der Waals surface area contributed by atoms with Crippen LogP contribution in [-0.2, 0) is 14.6 Å². The molecule has 0 aromatic heterocycles. The molecule has 0 aliphatic carbocycles. The summed E-state index contributed by atoms with van der Waals surface area (Å²) in [5, 5.41) is -0.752. The molecule has 34 heavy (non-hydrogen) atoms. The quantitative estimate of drug-likeness (QED) is 0.450. The molecular weight excluding hydrogens is 478 g/mol. The summed E-state index contributed by atoms with van der Waals surface area (Å²) in [5.41, 5.74) is 1.30. The van der Waals surface area contributed by atoms with Crippen molar-refractivity contribution in [1.82, 2.24) is 0 Å². The van der Waals surface area contributed by atoms with Gasteiger partial charge < -0.3 is 14.2 Å². The smallest absolute Gasteiger partial charge is 0.271 e. The number of hydrogen-bond donors (Lipinski definition) is 0.